The Morgan fingerprint density at radius 1 is 1.38 bits per heavy atom. The van der Waals surface area contributed by atoms with E-state index in [1.165, 1.54) is 24.8 Å². The molecule has 13 heavy (non-hydrogen) atoms. The van der Waals surface area contributed by atoms with Crippen molar-refractivity contribution in [2.75, 3.05) is 0 Å². The van der Waals surface area contributed by atoms with Gasteiger partial charge in [-0.3, -0.25) is 4.98 Å². The second-order valence-corrected chi connectivity index (χ2v) is 3.91. The quantitative estimate of drug-likeness (QED) is 0.711. The zero-order valence-corrected chi connectivity index (χ0v) is 7.82. The van der Waals surface area contributed by atoms with E-state index in [9.17, 15) is 0 Å². The molecule has 2 atom stereocenters. The van der Waals surface area contributed by atoms with Gasteiger partial charge in [0.05, 0.1) is 0 Å². The molecule has 0 spiro atoms. The summed E-state index contributed by atoms with van der Waals surface area (Å²) in [5, 5.41) is 0. The topological polar surface area (TPSA) is 38.9 Å². The summed E-state index contributed by atoms with van der Waals surface area (Å²) in [6.45, 7) is 0. The monoisotopic (exact) mass is 176 g/mol. The zero-order valence-electron chi connectivity index (χ0n) is 7.82. The Labute approximate surface area is 79.2 Å². The minimum Gasteiger partial charge on any atom is -0.328 e. The van der Waals surface area contributed by atoms with Crippen molar-refractivity contribution in [3.8, 4) is 0 Å². The molecule has 1 heterocycles. The highest BCUT2D eigenvalue weighted by atomic mass is 14.6. The van der Waals surface area contributed by atoms with E-state index in [0.717, 1.165) is 6.42 Å². The van der Waals surface area contributed by atoms with E-state index in [2.05, 4.69) is 11.1 Å². The van der Waals surface area contributed by atoms with Crippen LogP contribution >= 0.6 is 0 Å². The summed E-state index contributed by atoms with van der Waals surface area (Å²) in [6, 6.07) is 4.57. The molecule has 2 rings (SSSR count). The molecule has 2 N–H and O–H groups in total. The number of hydrogen-bond donors (Lipinski definition) is 1. The molecule has 70 valence electrons. The maximum Gasteiger partial charge on any atom is 0.0302 e. The first-order valence-electron chi connectivity index (χ1n) is 5.02. The van der Waals surface area contributed by atoms with Crippen molar-refractivity contribution in [2.24, 2.45) is 5.73 Å². The maximum absolute atomic E-state index is 5.94. The van der Waals surface area contributed by atoms with E-state index in [4.69, 9.17) is 5.73 Å². The standard InChI is InChI=1S/C11H16N2/c12-11-5-1-3-9(7-11)10-4-2-6-13-8-10/h2,4,6,8-9,11H,1,3,5,7,12H2/t9-,11+/m1/s1. The van der Waals surface area contributed by atoms with Crippen LogP contribution in [0.25, 0.3) is 0 Å². The van der Waals surface area contributed by atoms with Crippen molar-refractivity contribution >= 4 is 0 Å². The van der Waals surface area contributed by atoms with Crippen LogP contribution in [0.2, 0.25) is 0 Å². The minimum absolute atomic E-state index is 0.402. The Morgan fingerprint density at radius 3 is 3.00 bits per heavy atom. The highest BCUT2D eigenvalue weighted by Crippen LogP contribution is 2.31. The van der Waals surface area contributed by atoms with Gasteiger partial charge in [0.15, 0.2) is 0 Å². The van der Waals surface area contributed by atoms with Crippen molar-refractivity contribution in [3.63, 3.8) is 0 Å². The van der Waals surface area contributed by atoms with Crippen molar-refractivity contribution in [1.82, 2.24) is 4.98 Å². The second-order valence-electron chi connectivity index (χ2n) is 3.91. The Balaban J connectivity index is 2.08. The maximum atomic E-state index is 5.94. The molecule has 1 saturated carbocycles. The third kappa shape index (κ3) is 2.07. The lowest BCUT2D eigenvalue weighted by Crippen LogP contribution is -2.26. The molecule has 0 unspecified atom stereocenters. The number of hydrogen-bond acceptors (Lipinski definition) is 2. The predicted molar refractivity (Wildman–Crippen MR) is 53.4 cm³/mol. The molecule has 1 fully saturated rings. The van der Waals surface area contributed by atoms with Crippen LogP contribution in [0.1, 0.15) is 37.2 Å². The molecular weight excluding hydrogens is 160 g/mol. The van der Waals surface area contributed by atoms with E-state index in [1.54, 1.807) is 0 Å². The number of aromatic nitrogens is 1. The van der Waals surface area contributed by atoms with Gasteiger partial charge >= 0.3 is 0 Å². The van der Waals surface area contributed by atoms with Crippen molar-refractivity contribution in [3.05, 3.63) is 30.1 Å². The first-order chi connectivity index (χ1) is 6.36. The Kier molecular flexibility index (Phi) is 2.60. The summed E-state index contributed by atoms with van der Waals surface area (Å²) < 4.78 is 0. The molecule has 0 bridgehead atoms. The molecule has 2 nitrogen and oxygen atoms in total. The van der Waals surface area contributed by atoms with Crippen molar-refractivity contribution in [2.45, 2.75) is 37.6 Å². The van der Waals surface area contributed by atoms with E-state index >= 15 is 0 Å². The summed E-state index contributed by atoms with van der Waals surface area (Å²) in [5.74, 6) is 0.650. The molecule has 0 aromatic carbocycles. The van der Waals surface area contributed by atoms with Crippen molar-refractivity contribution in [1.29, 1.82) is 0 Å². The van der Waals surface area contributed by atoms with Gasteiger partial charge in [0.1, 0.15) is 0 Å². The summed E-state index contributed by atoms with van der Waals surface area (Å²) in [7, 11) is 0. The van der Waals surface area contributed by atoms with E-state index in [0.29, 0.717) is 12.0 Å². The molecule has 0 aliphatic heterocycles. The largest absolute Gasteiger partial charge is 0.328 e. The molecule has 1 aromatic rings. The third-order valence-corrected chi connectivity index (χ3v) is 2.87. The average molecular weight is 176 g/mol. The molecular formula is C11H16N2. The minimum atomic E-state index is 0.402. The molecule has 0 saturated heterocycles. The summed E-state index contributed by atoms with van der Waals surface area (Å²) >= 11 is 0. The smallest absolute Gasteiger partial charge is 0.0302 e. The molecule has 0 amide bonds. The van der Waals surface area contributed by atoms with Crippen molar-refractivity contribution < 1.29 is 0 Å². The van der Waals surface area contributed by atoms with Crippen LogP contribution in [0.5, 0.6) is 0 Å². The van der Waals surface area contributed by atoms with Gasteiger partial charge in [0.25, 0.3) is 0 Å². The Bertz CT molecular complexity index is 258. The van der Waals surface area contributed by atoms with Gasteiger partial charge < -0.3 is 5.73 Å². The van der Waals surface area contributed by atoms with Crippen LogP contribution in [0.4, 0.5) is 0 Å². The van der Waals surface area contributed by atoms with Gasteiger partial charge in [-0.1, -0.05) is 12.5 Å². The fourth-order valence-electron chi connectivity index (χ4n) is 2.15. The van der Waals surface area contributed by atoms with Gasteiger partial charge in [-0.25, -0.2) is 0 Å². The zero-order chi connectivity index (χ0) is 9.10. The molecule has 1 aliphatic carbocycles. The molecule has 0 radical (unpaired) electrons. The summed E-state index contributed by atoms with van der Waals surface area (Å²) in [4.78, 5) is 4.14. The number of pyridine rings is 1. The summed E-state index contributed by atoms with van der Waals surface area (Å²) in [5.41, 5.74) is 7.30. The number of nitrogens with two attached hydrogens (primary N) is 1. The van der Waals surface area contributed by atoms with Crippen LogP contribution in [0.3, 0.4) is 0 Å². The van der Waals surface area contributed by atoms with E-state index < -0.39 is 0 Å². The van der Waals surface area contributed by atoms with Gasteiger partial charge in [-0.2, -0.15) is 0 Å². The Morgan fingerprint density at radius 2 is 2.31 bits per heavy atom. The fourth-order valence-corrected chi connectivity index (χ4v) is 2.15. The number of rotatable bonds is 1. The lowest BCUT2D eigenvalue weighted by atomic mass is 9.82. The lowest BCUT2D eigenvalue weighted by molar-refractivity contribution is 0.393. The molecule has 1 aromatic heterocycles. The first kappa shape index (κ1) is 8.70. The van der Waals surface area contributed by atoms with Gasteiger partial charge in [-0.15, -0.1) is 0 Å². The molecule has 2 heteroatoms. The second kappa shape index (κ2) is 3.88. The highest BCUT2D eigenvalue weighted by molar-refractivity contribution is 5.15. The average Bonchev–Trinajstić information content (AvgIpc) is 2.19. The van der Waals surface area contributed by atoms with Gasteiger partial charge in [0.2, 0.25) is 0 Å². The van der Waals surface area contributed by atoms with Crippen LogP contribution in [-0.4, -0.2) is 11.0 Å². The first-order valence-corrected chi connectivity index (χ1v) is 5.02. The number of nitrogens with zero attached hydrogens (tertiary/aromatic N) is 1. The Hall–Kier alpha value is -0.890. The van der Waals surface area contributed by atoms with E-state index in [-0.39, 0.29) is 0 Å². The van der Waals surface area contributed by atoms with Crippen LogP contribution in [0, 0.1) is 0 Å². The fraction of sp³-hybridized carbons (Fsp3) is 0.545. The normalized spacial score (nSPS) is 28.7. The van der Waals surface area contributed by atoms with E-state index in [1.807, 2.05) is 18.5 Å². The van der Waals surface area contributed by atoms with Gasteiger partial charge in [0, 0.05) is 18.4 Å². The van der Waals surface area contributed by atoms with Gasteiger partial charge in [-0.05, 0) is 36.8 Å². The summed E-state index contributed by atoms with van der Waals surface area (Å²) in [6.07, 6.45) is 8.66. The lowest BCUT2D eigenvalue weighted by Gasteiger charge is -2.26. The van der Waals surface area contributed by atoms with Crippen LogP contribution in [0.15, 0.2) is 24.5 Å². The van der Waals surface area contributed by atoms with Crippen LogP contribution in [-0.2, 0) is 0 Å². The van der Waals surface area contributed by atoms with Crippen LogP contribution < -0.4 is 5.73 Å². The third-order valence-electron chi connectivity index (χ3n) is 2.87. The predicted octanol–water partition coefficient (Wildman–Crippen LogP) is 2.07. The SMILES string of the molecule is N[C@H]1CCC[C@@H](c2cccnc2)C1. The highest BCUT2D eigenvalue weighted by Gasteiger charge is 2.20. The molecule has 1 aliphatic rings.